The van der Waals surface area contributed by atoms with Gasteiger partial charge in [-0.25, -0.2) is 9.78 Å². The Labute approximate surface area is 148 Å². The highest BCUT2D eigenvalue weighted by atomic mass is 35.5. The number of nitrogens with one attached hydrogen (secondary N) is 1. The van der Waals surface area contributed by atoms with Gasteiger partial charge < -0.3 is 15.2 Å². The number of carbonyl (C=O) groups excluding carboxylic acids is 2. The molecule has 0 spiro atoms. The van der Waals surface area contributed by atoms with Crippen molar-refractivity contribution in [1.82, 2.24) is 4.98 Å². The van der Waals surface area contributed by atoms with Crippen molar-refractivity contribution in [2.75, 3.05) is 11.9 Å². The minimum atomic E-state index is -1.46. The summed E-state index contributed by atoms with van der Waals surface area (Å²) in [5, 5.41) is 12.8. The lowest BCUT2D eigenvalue weighted by atomic mass is 10.1. The fourth-order valence-electron chi connectivity index (χ4n) is 1.80. The van der Waals surface area contributed by atoms with Gasteiger partial charge in [0.15, 0.2) is 18.5 Å². The predicted octanol–water partition coefficient (Wildman–Crippen LogP) is 2.91. The number of amides is 1. The van der Waals surface area contributed by atoms with E-state index < -0.39 is 24.6 Å². The van der Waals surface area contributed by atoms with Crippen LogP contribution in [0.25, 0.3) is 0 Å². The van der Waals surface area contributed by atoms with Crippen molar-refractivity contribution in [3.05, 3.63) is 57.7 Å². The molecule has 1 aromatic carbocycles. The van der Waals surface area contributed by atoms with Crippen LogP contribution < -0.4 is 5.32 Å². The molecule has 1 atom stereocenters. The maximum Gasteiger partial charge on any atom is 0.340 e. The molecule has 0 saturated carbocycles. The Hall–Kier alpha value is -2.15. The number of aryl methyl sites for hydroxylation is 1. The SMILES string of the molecule is Cc1nc(NC(=O)COC(=O)[C@@H](O)c2ccccc2)c(Cl)cc1Cl. The van der Waals surface area contributed by atoms with E-state index in [0.29, 0.717) is 16.3 Å². The van der Waals surface area contributed by atoms with Gasteiger partial charge in [0.05, 0.1) is 15.7 Å². The second-order valence-corrected chi connectivity index (χ2v) is 5.67. The zero-order chi connectivity index (χ0) is 17.7. The van der Waals surface area contributed by atoms with Gasteiger partial charge in [0.1, 0.15) is 0 Å². The van der Waals surface area contributed by atoms with Gasteiger partial charge in [-0.05, 0) is 18.6 Å². The maximum absolute atomic E-state index is 11.8. The van der Waals surface area contributed by atoms with E-state index in [0.717, 1.165) is 0 Å². The van der Waals surface area contributed by atoms with E-state index in [4.69, 9.17) is 27.9 Å². The van der Waals surface area contributed by atoms with Gasteiger partial charge in [-0.2, -0.15) is 0 Å². The second-order valence-electron chi connectivity index (χ2n) is 4.86. The Morgan fingerprint density at radius 1 is 1.25 bits per heavy atom. The number of aliphatic hydroxyl groups excluding tert-OH is 1. The van der Waals surface area contributed by atoms with Gasteiger partial charge in [0, 0.05) is 0 Å². The number of ether oxygens (including phenoxy) is 1. The van der Waals surface area contributed by atoms with E-state index in [1.54, 1.807) is 37.3 Å². The molecule has 6 nitrogen and oxygen atoms in total. The van der Waals surface area contributed by atoms with Crippen molar-refractivity contribution >= 4 is 40.9 Å². The average Bonchev–Trinajstić information content (AvgIpc) is 2.57. The highest BCUT2D eigenvalue weighted by Crippen LogP contribution is 2.25. The van der Waals surface area contributed by atoms with Crippen molar-refractivity contribution in [3.8, 4) is 0 Å². The van der Waals surface area contributed by atoms with E-state index in [1.165, 1.54) is 6.07 Å². The van der Waals surface area contributed by atoms with Gasteiger partial charge in [-0.15, -0.1) is 0 Å². The van der Waals surface area contributed by atoms with Crippen LogP contribution >= 0.6 is 23.2 Å². The molecule has 0 aliphatic rings. The zero-order valence-electron chi connectivity index (χ0n) is 12.6. The Morgan fingerprint density at radius 3 is 2.58 bits per heavy atom. The van der Waals surface area contributed by atoms with E-state index in [1.807, 2.05) is 0 Å². The fourth-order valence-corrected chi connectivity index (χ4v) is 2.21. The van der Waals surface area contributed by atoms with E-state index in [2.05, 4.69) is 10.3 Å². The Kier molecular flexibility index (Phi) is 6.14. The van der Waals surface area contributed by atoms with Crippen molar-refractivity contribution in [1.29, 1.82) is 0 Å². The molecule has 0 bridgehead atoms. The topological polar surface area (TPSA) is 88.5 Å². The molecule has 0 aliphatic carbocycles. The van der Waals surface area contributed by atoms with Crippen LogP contribution in [0, 0.1) is 6.92 Å². The number of hydrogen-bond donors (Lipinski definition) is 2. The molecule has 1 aromatic heterocycles. The van der Waals surface area contributed by atoms with Crippen LogP contribution in [-0.4, -0.2) is 28.6 Å². The van der Waals surface area contributed by atoms with E-state index in [-0.39, 0.29) is 10.8 Å². The third kappa shape index (κ3) is 4.67. The largest absolute Gasteiger partial charge is 0.453 e. The van der Waals surface area contributed by atoms with Crippen LogP contribution in [0.15, 0.2) is 36.4 Å². The summed E-state index contributed by atoms with van der Waals surface area (Å²) in [6.45, 7) is 1.08. The molecule has 0 aliphatic heterocycles. The van der Waals surface area contributed by atoms with Gasteiger partial charge in [0.25, 0.3) is 5.91 Å². The molecule has 2 aromatic rings. The number of pyridine rings is 1. The highest BCUT2D eigenvalue weighted by molar-refractivity contribution is 6.36. The molecule has 8 heteroatoms. The number of carbonyl (C=O) groups is 2. The number of anilines is 1. The number of aromatic nitrogens is 1. The first-order valence-electron chi connectivity index (χ1n) is 6.90. The molecule has 24 heavy (non-hydrogen) atoms. The Bertz CT molecular complexity index is 753. The predicted molar refractivity (Wildman–Crippen MR) is 90.0 cm³/mol. The number of rotatable bonds is 5. The van der Waals surface area contributed by atoms with Crippen LogP contribution in [0.4, 0.5) is 5.82 Å². The molecule has 2 rings (SSSR count). The van der Waals surface area contributed by atoms with Crippen molar-refractivity contribution in [2.24, 2.45) is 0 Å². The molecular formula is C16H14Cl2N2O4. The number of esters is 1. The summed E-state index contributed by atoms with van der Waals surface area (Å²) in [5.41, 5.74) is 0.869. The number of benzene rings is 1. The summed E-state index contributed by atoms with van der Waals surface area (Å²) in [6.07, 6.45) is -1.46. The smallest absolute Gasteiger partial charge is 0.340 e. The third-order valence-corrected chi connectivity index (χ3v) is 3.72. The summed E-state index contributed by atoms with van der Waals surface area (Å²) in [7, 11) is 0. The first-order chi connectivity index (χ1) is 11.4. The van der Waals surface area contributed by atoms with Gasteiger partial charge in [-0.1, -0.05) is 53.5 Å². The molecule has 126 valence electrons. The first kappa shape index (κ1) is 18.2. The van der Waals surface area contributed by atoms with Gasteiger partial charge in [0.2, 0.25) is 0 Å². The summed E-state index contributed by atoms with van der Waals surface area (Å²) in [4.78, 5) is 27.6. The molecule has 1 amide bonds. The van der Waals surface area contributed by atoms with E-state index in [9.17, 15) is 14.7 Å². The lowest BCUT2D eigenvalue weighted by Gasteiger charge is -2.11. The summed E-state index contributed by atoms with van der Waals surface area (Å²) >= 11 is 11.8. The van der Waals surface area contributed by atoms with Crippen molar-refractivity contribution in [2.45, 2.75) is 13.0 Å². The van der Waals surface area contributed by atoms with Crippen LogP contribution in [0.2, 0.25) is 10.0 Å². The summed E-state index contributed by atoms with van der Waals surface area (Å²) < 4.78 is 4.79. The van der Waals surface area contributed by atoms with Crippen LogP contribution in [0.5, 0.6) is 0 Å². The van der Waals surface area contributed by atoms with Gasteiger partial charge >= 0.3 is 5.97 Å². The standard InChI is InChI=1S/C16H14Cl2N2O4/c1-9-11(17)7-12(18)15(19-9)20-13(21)8-24-16(23)14(22)10-5-3-2-4-6-10/h2-7,14,22H,8H2,1H3,(H,19,20,21)/t14-/m0/s1. The fraction of sp³-hybridized carbons (Fsp3) is 0.188. The molecule has 0 fully saturated rings. The molecule has 1 heterocycles. The number of halogens is 2. The quantitative estimate of drug-likeness (QED) is 0.792. The molecule has 0 unspecified atom stereocenters. The maximum atomic E-state index is 11.8. The number of nitrogens with zero attached hydrogens (tertiary/aromatic N) is 1. The van der Waals surface area contributed by atoms with Crippen molar-refractivity contribution in [3.63, 3.8) is 0 Å². The monoisotopic (exact) mass is 368 g/mol. The molecule has 0 radical (unpaired) electrons. The number of aliphatic hydroxyl groups is 1. The lowest BCUT2D eigenvalue weighted by Crippen LogP contribution is -2.24. The third-order valence-electron chi connectivity index (χ3n) is 3.05. The minimum Gasteiger partial charge on any atom is -0.453 e. The second kappa shape index (κ2) is 8.10. The molecule has 2 N–H and O–H groups in total. The average molecular weight is 369 g/mol. The lowest BCUT2D eigenvalue weighted by molar-refractivity contribution is -0.156. The van der Waals surface area contributed by atoms with Crippen LogP contribution in [-0.2, 0) is 14.3 Å². The normalized spacial score (nSPS) is 11.7. The minimum absolute atomic E-state index is 0.114. The highest BCUT2D eigenvalue weighted by Gasteiger charge is 2.20. The molecular weight excluding hydrogens is 355 g/mol. The summed E-state index contributed by atoms with van der Waals surface area (Å²) in [6, 6.07) is 9.70. The van der Waals surface area contributed by atoms with Gasteiger partial charge in [-0.3, -0.25) is 4.79 Å². The summed E-state index contributed by atoms with van der Waals surface area (Å²) in [5.74, 6) is -1.45. The Morgan fingerprint density at radius 2 is 1.92 bits per heavy atom. The number of hydrogen-bond acceptors (Lipinski definition) is 5. The van der Waals surface area contributed by atoms with Crippen molar-refractivity contribution < 1.29 is 19.4 Å². The van der Waals surface area contributed by atoms with Crippen LogP contribution in [0.3, 0.4) is 0 Å². The Balaban J connectivity index is 1.91. The van der Waals surface area contributed by atoms with E-state index >= 15 is 0 Å². The first-order valence-corrected chi connectivity index (χ1v) is 7.66. The molecule has 0 saturated heterocycles. The zero-order valence-corrected chi connectivity index (χ0v) is 14.1. The van der Waals surface area contributed by atoms with Crippen LogP contribution in [0.1, 0.15) is 17.4 Å².